The minimum Gasteiger partial charge on any atom is -0.273 e. The van der Waals surface area contributed by atoms with Crippen LogP contribution in [-0.2, 0) is 13.8 Å². The number of rotatable bonds is 2. The van der Waals surface area contributed by atoms with Crippen LogP contribution in [0.15, 0.2) is 28.1 Å². The predicted octanol–water partition coefficient (Wildman–Crippen LogP) is 1.05. The number of carbonyl (C=O) groups is 2. The first-order valence-corrected chi connectivity index (χ1v) is 7.44. The Morgan fingerprint density at radius 1 is 1.39 bits per heavy atom. The molecule has 0 bridgehead atoms. The van der Waals surface area contributed by atoms with Crippen molar-refractivity contribution in [3.8, 4) is 0 Å². The van der Waals surface area contributed by atoms with E-state index in [2.05, 4.69) is 4.99 Å². The molecular weight excluding hydrogens is 280 g/mol. The lowest BCUT2D eigenvalue weighted by Crippen LogP contribution is -2.46. The van der Waals surface area contributed by atoms with Crippen molar-refractivity contribution in [1.29, 1.82) is 0 Å². The molecule has 0 N–H and O–H groups in total. The summed E-state index contributed by atoms with van der Waals surface area (Å²) in [4.78, 5) is 28.0. The van der Waals surface area contributed by atoms with Crippen molar-refractivity contribution in [3.63, 3.8) is 0 Å². The van der Waals surface area contributed by atoms with E-state index in [4.69, 9.17) is 10.7 Å². The Balaban J connectivity index is 2.48. The van der Waals surface area contributed by atoms with E-state index in [1.807, 2.05) is 0 Å². The molecule has 0 aromatic rings. The summed E-state index contributed by atoms with van der Waals surface area (Å²) in [6.07, 6.45) is 3.75. The van der Waals surface area contributed by atoms with Gasteiger partial charge in [0.05, 0.1) is 10.6 Å². The van der Waals surface area contributed by atoms with Crippen LogP contribution in [0.4, 0.5) is 4.79 Å². The SMILES string of the molecule is CCN1C(=O)N=C2C=CC(S(=O)(=O)Cl)=CC2C1=O. The lowest BCUT2D eigenvalue weighted by molar-refractivity contribution is -0.129. The minimum absolute atomic E-state index is 0.160. The number of hydrogen-bond acceptors (Lipinski definition) is 4. The molecule has 0 aromatic carbocycles. The van der Waals surface area contributed by atoms with Crippen LogP contribution < -0.4 is 0 Å². The number of urea groups is 1. The van der Waals surface area contributed by atoms with E-state index < -0.39 is 26.9 Å². The van der Waals surface area contributed by atoms with Crippen molar-refractivity contribution in [2.45, 2.75) is 6.92 Å². The van der Waals surface area contributed by atoms with Crippen molar-refractivity contribution in [2.24, 2.45) is 10.9 Å². The fourth-order valence-electron chi connectivity index (χ4n) is 1.77. The first-order chi connectivity index (χ1) is 8.34. The third-order valence-electron chi connectivity index (χ3n) is 2.65. The fourth-order valence-corrected chi connectivity index (χ4v) is 2.61. The molecule has 0 fully saturated rings. The lowest BCUT2D eigenvalue weighted by atomic mass is 9.95. The molecule has 1 aliphatic carbocycles. The molecule has 1 heterocycles. The van der Waals surface area contributed by atoms with Gasteiger partial charge < -0.3 is 0 Å². The molecule has 96 valence electrons. The Morgan fingerprint density at radius 3 is 2.61 bits per heavy atom. The van der Waals surface area contributed by atoms with Gasteiger partial charge in [0.15, 0.2) is 0 Å². The molecule has 2 aliphatic rings. The molecule has 18 heavy (non-hydrogen) atoms. The summed E-state index contributed by atoms with van der Waals surface area (Å²) in [5.41, 5.74) is 0.235. The lowest BCUT2D eigenvalue weighted by Gasteiger charge is -2.27. The zero-order chi connectivity index (χ0) is 13.5. The second-order valence-corrected chi connectivity index (χ2v) is 6.29. The van der Waals surface area contributed by atoms with Gasteiger partial charge in [0, 0.05) is 17.2 Å². The van der Waals surface area contributed by atoms with Gasteiger partial charge in [0.25, 0.3) is 9.05 Å². The summed E-state index contributed by atoms with van der Waals surface area (Å²) in [5.74, 6) is -1.36. The van der Waals surface area contributed by atoms with Crippen LogP contribution in [0.3, 0.4) is 0 Å². The minimum atomic E-state index is -3.90. The van der Waals surface area contributed by atoms with Crippen LogP contribution in [0.1, 0.15) is 6.92 Å². The van der Waals surface area contributed by atoms with E-state index in [1.54, 1.807) is 6.92 Å². The largest absolute Gasteiger partial charge is 0.350 e. The average Bonchev–Trinajstić information content (AvgIpc) is 2.27. The zero-order valence-electron chi connectivity index (χ0n) is 9.33. The monoisotopic (exact) mass is 288 g/mol. The number of carbonyl (C=O) groups excluding carboxylic acids is 2. The molecule has 0 radical (unpaired) electrons. The number of allylic oxidation sites excluding steroid dienone is 2. The van der Waals surface area contributed by atoms with Crippen molar-refractivity contribution in [1.82, 2.24) is 4.90 Å². The van der Waals surface area contributed by atoms with Crippen molar-refractivity contribution in [2.75, 3.05) is 6.54 Å². The van der Waals surface area contributed by atoms with Crippen molar-refractivity contribution >= 4 is 37.4 Å². The smallest absolute Gasteiger partial charge is 0.273 e. The van der Waals surface area contributed by atoms with Crippen LogP contribution in [0.5, 0.6) is 0 Å². The Morgan fingerprint density at radius 2 is 2.06 bits per heavy atom. The quantitative estimate of drug-likeness (QED) is 0.711. The summed E-state index contributed by atoms with van der Waals surface area (Å²) in [7, 11) is 1.31. The maximum atomic E-state index is 12.0. The van der Waals surface area contributed by atoms with Crippen LogP contribution in [0.25, 0.3) is 0 Å². The Labute approximate surface area is 108 Å². The van der Waals surface area contributed by atoms with E-state index in [1.165, 1.54) is 18.2 Å². The normalized spacial score (nSPS) is 23.7. The topological polar surface area (TPSA) is 83.9 Å². The summed E-state index contributed by atoms with van der Waals surface area (Å²) < 4.78 is 22.4. The van der Waals surface area contributed by atoms with E-state index in [0.29, 0.717) is 0 Å². The maximum Gasteiger partial charge on any atom is 0.350 e. The average molecular weight is 289 g/mol. The highest BCUT2D eigenvalue weighted by Gasteiger charge is 2.36. The standard InChI is InChI=1S/C10H9ClN2O4S/c1-2-13-9(14)7-5-6(18(11,16)17)3-4-8(7)12-10(13)15/h3-5,7H,2H2,1H3. The highest BCUT2D eigenvalue weighted by molar-refractivity contribution is 8.17. The van der Waals surface area contributed by atoms with Gasteiger partial charge in [0.2, 0.25) is 5.91 Å². The summed E-state index contributed by atoms with van der Waals surface area (Å²) in [5, 5.41) is 0. The number of amides is 3. The first-order valence-electron chi connectivity index (χ1n) is 5.13. The van der Waals surface area contributed by atoms with Gasteiger partial charge in [-0.05, 0) is 25.2 Å². The number of hydrogen-bond donors (Lipinski definition) is 0. The Hall–Kier alpha value is -1.47. The number of aliphatic imine (C=N–C) groups is 1. The molecule has 3 amide bonds. The first kappa shape index (κ1) is 13.0. The zero-order valence-corrected chi connectivity index (χ0v) is 10.9. The van der Waals surface area contributed by atoms with Gasteiger partial charge in [-0.15, -0.1) is 0 Å². The second kappa shape index (κ2) is 4.33. The number of imide groups is 1. The molecule has 0 aromatic heterocycles. The van der Waals surface area contributed by atoms with E-state index in [9.17, 15) is 18.0 Å². The number of nitrogens with zero attached hydrogens (tertiary/aromatic N) is 2. The molecule has 1 atom stereocenters. The molecular formula is C10H9ClN2O4S. The van der Waals surface area contributed by atoms with E-state index in [0.717, 1.165) is 4.90 Å². The van der Waals surface area contributed by atoms with Crippen LogP contribution in [-0.4, -0.2) is 37.5 Å². The predicted molar refractivity (Wildman–Crippen MR) is 65.7 cm³/mol. The van der Waals surface area contributed by atoms with E-state index in [-0.39, 0.29) is 17.2 Å². The molecule has 6 nitrogen and oxygen atoms in total. The molecule has 1 aliphatic heterocycles. The molecule has 2 rings (SSSR count). The second-order valence-electron chi connectivity index (χ2n) is 3.72. The van der Waals surface area contributed by atoms with Gasteiger partial charge in [-0.25, -0.2) is 13.2 Å². The summed E-state index contributed by atoms with van der Waals surface area (Å²) in [6.45, 7) is 1.82. The van der Waals surface area contributed by atoms with Crippen LogP contribution in [0.2, 0.25) is 0 Å². The highest BCUT2D eigenvalue weighted by atomic mass is 35.7. The van der Waals surface area contributed by atoms with Crippen molar-refractivity contribution < 1.29 is 18.0 Å². The third kappa shape index (κ3) is 2.11. The van der Waals surface area contributed by atoms with E-state index >= 15 is 0 Å². The fraction of sp³-hybridized carbons (Fsp3) is 0.300. The third-order valence-corrected chi connectivity index (χ3v) is 4.02. The number of halogens is 1. The van der Waals surface area contributed by atoms with Gasteiger partial charge in [-0.1, -0.05) is 0 Å². The van der Waals surface area contributed by atoms with Crippen molar-refractivity contribution in [3.05, 3.63) is 23.1 Å². The van der Waals surface area contributed by atoms with Gasteiger partial charge in [-0.2, -0.15) is 4.99 Å². The molecule has 0 saturated carbocycles. The Kier molecular flexibility index (Phi) is 3.12. The molecule has 0 saturated heterocycles. The summed E-state index contributed by atoms with van der Waals surface area (Å²) in [6, 6.07) is -0.635. The molecule has 1 unspecified atom stereocenters. The van der Waals surface area contributed by atoms with Gasteiger partial charge in [-0.3, -0.25) is 9.69 Å². The molecule has 0 spiro atoms. The van der Waals surface area contributed by atoms with Crippen LogP contribution in [0, 0.1) is 5.92 Å². The number of fused-ring (bicyclic) bond motifs is 1. The van der Waals surface area contributed by atoms with Crippen LogP contribution >= 0.6 is 10.7 Å². The van der Waals surface area contributed by atoms with Gasteiger partial charge >= 0.3 is 6.03 Å². The molecule has 8 heteroatoms. The van der Waals surface area contributed by atoms with Gasteiger partial charge in [0.1, 0.15) is 5.92 Å². The highest BCUT2D eigenvalue weighted by Crippen LogP contribution is 2.26. The maximum absolute atomic E-state index is 12.0. The summed E-state index contributed by atoms with van der Waals surface area (Å²) >= 11 is 0. The Bertz CT molecular complexity index is 618.